The lowest BCUT2D eigenvalue weighted by molar-refractivity contribution is -0.181. The first-order valence-corrected chi connectivity index (χ1v) is 9.57. The molecule has 2 aliphatic heterocycles. The third-order valence-electron chi connectivity index (χ3n) is 5.65. The Kier molecular flexibility index (Phi) is 4.02. The third-order valence-corrected chi connectivity index (χ3v) is 5.65. The van der Waals surface area contributed by atoms with Crippen LogP contribution in [0.3, 0.4) is 0 Å². The van der Waals surface area contributed by atoms with E-state index in [0.717, 1.165) is 24.2 Å². The zero-order chi connectivity index (χ0) is 18.4. The Hall–Kier alpha value is -2.25. The number of carbonyl (C=O) groups excluding carboxylic acids is 1. The van der Waals surface area contributed by atoms with Gasteiger partial charge in [0.15, 0.2) is 11.5 Å². The number of rotatable bonds is 3. The van der Waals surface area contributed by atoms with Crippen LogP contribution in [0.5, 0.6) is 0 Å². The number of amides is 1. The maximum Gasteiger partial charge on any atom is 0.274 e. The van der Waals surface area contributed by atoms with E-state index in [1.54, 1.807) is 16.8 Å². The minimum atomic E-state index is -0.497. The van der Waals surface area contributed by atoms with Gasteiger partial charge in [-0.25, -0.2) is 9.07 Å². The summed E-state index contributed by atoms with van der Waals surface area (Å²) in [7, 11) is 0. The molecule has 3 aliphatic rings. The van der Waals surface area contributed by atoms with Gasteiger partial charge in [0.1, 0.15) is 5.82 Å². The highest BCUT2D eigenvalue weighted by Gasteiger charge is 2.41. The number of halogens is 1. The Labute approximate surface area is 156 Å². The molecule has 2 aromatic rings. The lowest BCUT2D eigenvalue weighted by Crippen LogP contribution is -2.47. The molecule has 142 valence electrons. The topological polar surface area (TPSA) is 56.6 Å². The van der Waals surface area contributed by atoms with Crippen LogP contribution in [0.1, 0.15) is 47.8 Å². The van der Waals surface area contributed by atoms with E-state index in [1.165, 1.54) is 12.1 Å². The van der Waals surface area contributed by atoms with Crippen molar-refractivity contribution in [2.24, 2.45) is 0 Å². The predicted molar refractivity (Wildman–Crippen MR) is 95.3 cm³/mol. The molecule has 0 atom stereocenters. The summed E-state index contributed by atoms with van der Waals surface area (Å²) < 4.78 is 26.5. The zero-order valence-corrected chi connectivity index (χ0v) is 15.1. The smallest absolute Gasteiger partial charge is 0.274 e. The molecular formula is C20H22FN3O3. The van der Waals surface area contributed by atoms with Gasteiger partial charge in [-0.05, 0) is 43.2 Å². The summed E-state index contributed by atoms with van der Waals surface area (Å²) in [5.41, 5.74) is 2.26. The number of piperidine rings is 1. The molecule has 1 aliphatic carbocycles. The first kappa shape index (κ1) is 16.9. The number of nitrogens with zero attached hydrogens (tertiary/aromatic N) is 3. The van der Waals surface area contributed by atoms with E-state index >= 15 is 0 Å². The van der Waals surface area contributed by atoms with Crippen molar-refractivity contribution in [2.75, 3.05) is 26.3 Å². The summed E-state index contributed by atoms with van der Waals surface area (Å²) in [4.78, 5) is 14.8. The molecule has 0 radical (unpaired) electrons. The highest BCUT2D eigenvalue weighted by atomic mass is 19.1. The van der Waals surface area contributed by atoms with E-state index in [-0.39, 0.29) is 11.7 Å². The van der Waals surface area contributed by atoms with Crippen molar-refractivity contribution >= 4 is 5.91 Å². The number of benzene rings is 1. The molecule has 2 saturated heterocycles. The second kappa shape index (κ2) is 6.42. The summed E-state index contributed by atoms with van der Waals surface area (Å²) in [6.45, 7) is 2.45. The summed E-state index contributed by atoms with van der Waals surface area (Å²) in [6.07, 6.45) is 3.57. The molecule has 7 heteroatoms. The summed E-state index contributed by atoms with van der Waals surface area (Å²) >= 11 is 0. The molecule has 5 rings (SSSR count). The summed E-state index contributed by atoms with van der Waals surface area (Å²) in [6, 6.07) is 8.13. The van der Waals surface area contributed by atoms with E-state index in [1.807, 2.05) is 11.0 Å². The summed E-state index contributed by atoms with van der Waals surface area (Å²) in [5.74, 6) is -0.419. The first-order chi connectivity index (χ1) is 13.1. The van der Waals surface area contributed by atoms with E-state index in [0.29, 0.717) is 50.8 Å². The highest BCUT2D eigenvalue weighted by molar-refractivity contribution is 5.92. The van der Waals surface area contributed by atoms with Gasteiger partial charge in [0.05, 0.1) is 18.9 Å². The van der Waals surface area contributed by atoms with Gasteiger partial charge < -0.3 is 14.4 Å². The van der Waals surface area contributed by atoms with Crippen LogP contribution < -0.4 is 0 Å². The molecule has 6 nitrogen and oxygen atoms in total. The van der Waals surface area contributed by atoms with Crippen molar-refractivity contribution in [2.45, 2.75) is 37.4 Å². The molecular weight excluding hydrogens is 349 g/mol. The average Bonchev–Trinajstić information content (AvgIpc) is 3.28. The van der Waals surface area contributed by atoms with E-state index < -0.39 is 5.79 Å². The third kappa shape index (κ3) is 3.15. The van der Waals surface area contributed by atoms with Crippen molar-refractivity contribution in [1.29, 1.82) is 0 Å². The Bertz CT molecular complexity index is 844. The van der Waals surface area contributed by atoms with Crippen LogP contribution in [0.4, 0.5) is 4.39 Å². The summed E-state index contributed by atoms with van der Waals surface area (Å²) in [5, 5.41) is 4.58. The van der Waals surface area contributed by atoms with Gasteiger partial charge in [-0.2, -0.15) is 5.10 Å². The van der Waals surface area contributed by atoms with Gasteiger partial charge in [0.2, 0.25) is 0 Å². The number of ether oxygens (including phenoxy) is 2. The average molecular weight is 371 g/mol. The fourth-order valence-electron chi connectivity index (χ4n) is 3.96. The Morgan fingerprint density at radius 1 is 1.11 bits per heavy atom. The van der Waals surface area contributed by atoms with Gasteiger partial charge in [-0.15, -0.1) is 0 Å². The fraction of sp³-hybridized carbons (Fsp3) is 0.500. The Morgan fingerprint density at radius 2 is 1.78 bits per heavy atom. The SMILES string of the molecule is O=C(c1cc(C2CC2)n(-c2ccc(F)cc2)n1)N1CCC2(CC1)OCCO2. The number of hydrogen-bond acceptors (Lipinski definition) is 4. The molecule has 0 unspecified atom stereocenters. The van der Waals surface area contributed by atoms with Crippen LogP contribution in [0.2, 0.25) is 0 Å². The molecule has 3 heterocycles. The van der Waals surface area contributed by atoms with Crippen LogP contribution in [-0.4, -0.2) is 52.7 Å². The normalized spacial score (nSPS) is 21.7. The maximum absolute atomic E-state index is 13.3. The van der Waals surface area contributed by atoms with Gasteiger partial charge in [-0.1, -0.05) is 0 Å². The van der Waals surface area contributed by atoms with Crippen molar-refractivity contribution in [1.82, 2.24) is 14.7 Å². The van der Waals surface area contributed by atoms with E-state index in [4.69, 9.17) is 9.47 Å². The number of carbonyl (C=O) groups is 1. The lowest BCUT2D eigenvalue weighted by atomic mass is 10.0. The second-order valence-corrected chi connectivity index (χ2v) is 7.52. The standard InChI is InChI=1S/C20H22FN3O3/c21-15-3-5-16(6-4-15)24-18(14-1-2-14)13-17(22-24)19(25)23-9-7-20(8-10-23)26-11-12-27-20/h3-6,13-14H,1-2,7-12H2. The molecule has 1 aromatic heterocycles. The van der Waals surface area contributed by atoms with Gasteiger partial charge >= 0.3 is 0 Å². The maximum atomic E-state index is 13.3. The molecule has 3 fully saturated rings. The predicted octanol–water partition coefficient (Wildman–Crippen LogP) is 2.87. The Balaban J connectivity index is 1.38. The van der Waals surface area contributed by atoms with Gasteiger partial charge in [-0.3, -0.25) is 4.79 Å². The fourth-order valence-corrected chi connectivity index (χ4v) is 3.96. The monoisotopic (exact) mass is 371 g/mol. The van der Waals surface area contributed by atoms with Crippen LogP contribution in [0, 0.1) is 5.82 Å². The van der Waals surface area contributed by atoms with E-state index in [9.17, 15) is 9.18 Å². The van der Waals surface area contributed by atoms with E-state index in [2.05, 4.69) is 5.10 Å². The zero-order valence-electron chi connectivity index (χ0n) is 15.1. The molecule has 0 bridgehead atoms. The highest BCUT2D eigenvalue weighted by Crippen LogP contribution is 2.41. The number of hydrogen-bond donors (Lipinski definition) is 0. The molecule has 1 aromatic carbocycles. The minimum absolute atomic E-state index is 0.0643. The largest absolute Gasteiger partial charge is 0.347 e. The second-order valence-electron chi connectivity index (χ2n) is 7.52. The van der Waals surface area contributed by atoms with Crippen molar-refractivity contribution in [3.05, 3.63) is 47.5 Å². The molecule has 1 amide bonds. The van der Waals surface area contributed by atoms with Gasteiger partial charge in [0, 0.05) is 37.5 Å². The lowest BCUT2D eigenvalue weighted by Gasteiger charge is -2.37. The van der Waals surface area contributed by atoms with Crippen LogP contribution in [-0.2, 0) is 9.47 Å². The van der Waals surface area contributed by atoms with Gasteiger partial charge in [0.25, 0.3) is 5.91 Å². The number of likely N-dealkylation sites (tertiary alicyclic amines) is 1. The molecule has 0 N–H and O–H groups in total. The van der Waals surface area contributed by atoms with Crippen molar-refractivity contribution in [3.8, 4) is 5.69 Å². The van der Waals surface area contributed by atoms with Crippen LogP contribution in [0.15, 0.2) is 30.3 Å². The van der Waals surface area contributed by atoms with Crippen molar-refractivity contribution in [3.63, 3.8) is 0 Å². The molecule has 27 heavy (non-hydrogen) atoms. The van der Waals surface area contributed by atoms with Crippen LogP contribution in [0.25, 0.3) is 5.69 Å². The molecule has 1 spiro atoms. The number of aromatic nitrogens is 2. The quantitative estimate of drug-likeness (QED) is 0.833. The molecule has 1 saturated carbocycles. The van der Waals surface area contributed by atoms with Crippen molar-refractivity contribution < 1.29 is 18.7 Å². The van der Waals surface area contributed by atoms with Crippen LogP contribution >= 0.6 is 0 Å². The Morgan fingerprint density at radius 3 is 2.41 bits per heavy atom. The first-order valence-electron chi connectivity index (χ1n) is 9.57. The minimum Gasteiger partial charge on any atom is -0.347 e.